The fraction of sp³-hybridized carbons (Fsp3) is 1.00. The average Bonchev–Trinajstić information content (AvgIpc) is 2.27. The molecule has 4 N–H and O–H groups in total. The highest BCUT2D eigenvalue weighted by Gasteiger charge is 2.39. The Hall–Kier alpha value is 0.420. The molecule has 0 aliphatic rings. The van der Waals surface area contributed by atoms with Crippen LogP contribution in [0.4, 0.5) is 0 Å². The Labute approximate surface area is 126 Å². The molecule has 0 rings (SSSR count). The number of hydrogen-bond acceptors (Lipinski definition) is 4. The van der Waals surface area contributed by atoms with Gasteiger partial charge >= 0.3 is 0 Å². The quantitative estimate of drug-likeness (QED) is 0.585. The molecule has 4 nitrogen and oxygen atoms in total. The van der Waals surface area contributed by atoms with Crippen molar-refractivity contribution in [2.45, 2.75) is 52.2 Å². The Morgan fingerprint density at radius 2 is 1.32 bits per heavy atom. The molecule has 0 aromatic rings. The van der Waals surface area contributed by atoms with E-state index in [1.165, 1.54) is 0 Å². The number of halogens is 2. The first-order valence-corrected chi connectivity index (χ1v) is 6.98. The van der Waals surface area contributed by atoms with Crippen LogP contribution in [0.15, 0.2) is 0 Å². The minimum Gasteiger partial charge on any atom is -0.396 e. The lowest BCUT2D eigenvalue weighted by Crippen LogP contribution is -2.37. The lowest BCUT2D eigenvalue weighted by atomic mass is 9.82. The SMILES string of the molecule is CC(C)(CO)C(O)(Cl)Cl.CC(C)C(O)C(C)(C)CO. The van der Waals surface area contributed by atoms with Crippen LogP contribution in [-0.2, 0) is 0 Å². The van der Waals surface area contributed by atoms with E-state index in [1.54, 1.807) is 13.8 Å². The van der Waals surface area contributed by atoms with Gasteiger partial charge in [0.2, 0.25) is 4.52 Å². The van der Waals surface area contributed by atoms with Crippen LogP contribution >= 0.6 is 23.2 Å². The van der Waals surface area contributed by atoms with Gasteiger partial charge in [-0.05, 0) is 5.92 Å². The highest BCUT2D eigenvalue weighted by Crippen LogP contribution is 2.37. The van der Waals surface area contributed by atoms with Gasteiger partial charge in [0.15, 0.2) is 0 Å². The smallest absolute Gasteiger partial charge is 0.222 e. The number of aliphatic hydroxyl groups is 4. The Morgan fingerprint density at radius 1 is 0.947 bits per heavy atom. The molecule has 0 aliphatic heterocycles. The molecule has 0 radical (unpaired) electrons. The summed E-state index contributed by atoms with van der Waals surface area (Å²) >= 11 is 10.6. The summed E-state index contributed by atoms with van der Waals surface area (Å²) in [6.45, 7) is 10.5. The van der Waals surface area contributed by atoms with Crippen molar-refractivity contribution in [1.29, 1.82) is 0 Å². The lowest BCUT2D eigenvalue weighted by Gasteiger charge is -2.30. The first-order chi connectivity index (χ1) is 8.23. The molecular weight excluding hydrogens is 291 g/mol. The molecule has 0 aromatic carbocycles. The molecule has 0 fully saturated rings. The molecule has 1 atom stereocenters. The summed E-state index contributed by atoms with van der Waals surface area (Å²) in [4.78, 5) is 0. The van der Waals surface area contributed by atoms with Gasteiger partial charge < -0.3 is 20.4 Å². The number of rotatable bonds is 5. The van der Waals surface area contributed by atoms with Crippen molar-refractivity contribution in [3.63, 3.8) is 0 Å². The van der Waals surface area contributed by atoms with Crippen LogP contribution in [0.2, 0.25) is 0 Å². The number of hydrogen-bond donors (Lipinski definition) is 4. The molecule has 1 unspecified atom stereocenters. The van der Waals surface area contributed by atoms with Crippen LogP contribution < -0.4 is 0 Å². The maximum Gasteiger partial charge on any atom is 0.222 e. The van der Waals surface area contributed by atoms with E-state index in [1.807, 2.05) is 27.7 Å². The Balaban J connectivity index is 0. The second-order valence-corrected chi connectivity index (χ2v) is 7.71. The van der Waals surface area contributed by atoms with Crippen LogP contribution in [-0.4, -0.2) is 44.3 Å². The fourth-order valence-electron chi connectivity index (χ4n) is 1.09. The second-order valence-electron chi connectivity index (χ2n) is 6.42. The molecule has 0 spiro atoms. The molecule has 0 bridgehead atoms. The standard InChI is InChI=1S/C8H18O2.C5H10Cl2O2/c1-6(2)7(10)8(3,4)5-9;1-4(2,3-8)5(6,7)9/h6-7,9-10H,5H2,1-4H3;8-9H,3H2,1-2H3. The van der Waals surface area contributed by atoms with Crippen LogP contribution in [0.5, 0.6) is 0 Å². The van der Waals surface area contributed by atoms with E-state index < -0.39 is 16.0 Å². The van der Waals surface area contributed by atoms with Crippen molar-refractivity contribution in [3.8, 4) is 0 Å². The van der Waals surface area contributed by atoms with E-state index in [9.17, 15) is 5.11 Å². The summed E-state index contributed by atoms with van der Waals surface area (Å²) in [5.74, 6) is 0.210. The third-order valence-electron chi connectivity index (χ3n) is 3.05. The molecule has 19 heavy (non-hydrogen) atoms. The normalized spacial score (nSPS) is 15.0. The first kappa shape index (κ1) is 21.7. The first-order valence-electron chi connectivity index (χ1n) is 6.23. The van der Waals surface area contributed by atoms with Gasteiger partial charge in [-0.3, -0.25) is 0 Å². The zero-order valence-corrected chi connectivity index (χ0v) is 14.1. The van der Waals surface area contributed by atoms with E-state index in [0.717, 1.165) is 0 Å². The van der Waals surface area contributed by atoms with Crippen molar-refractivity contribution in [2.75, 3.05) is 13.2 Å². The van der Waals surface area contributed by atoms with Gasteiger partial charge in [0.1, 0.15) is 0 Å². The minimum atomic E-state index is -1.86. The molecule has 0 aliphatic carbocycles. The van der Waals surface area contributed by atoms with Gasteiger partial charge in [-0.1, -0.05) is 64.7 Å². The maximum absolute atomic E-state index is 9.49. The van der Waals surface area contributed by atoms with Gasteiger partial charge in [0.25, 0.3) is 0 Å². The van der Waals surface area contributed by atoms with Gasteiger partial charge in [0, 0.05) is 10.8 Å². The maximum atomic E-state index is 9.49. The van der Waals surface area contributed by atoms with E-state index in [0.29, 0.717) is 0 Å². The summed E-state index contributed by atoms with van der Waals surface area (Å²) in [6.07, 6.45) is -0.419. The van der Waals surface area contributed by atoms with Crippen LogP contribution in [0, 0.1) is 16.7 Å². The highest BCUT2D eigenvalue weighted by molar-refractivity contribution is 6.47. The van der Waals surface area contributed by atoms with Crippen LogP contribution in [0.25, 0.3) is 0 Å². The largest absolute Gasteiger partial charge is 0.396 e. The Morgan fingerprint density at radius 3 is 1.37 bits per heavy atom. The summed E-state index contributed by atoms with van der Waals surface area (Å²) in [5, 5.41) is 35.9. The average molecular weight is 319 g/mol. The third kappa shape index (κ3) is 7.69. The van der Waals surface area contributed by atoms with Gasteiger partial charge in [-0.25, -0.2) is 0 Å². The summed E-state index contributed by atoms with van der Waals surface area (Å²) in [5.41, 5.74) is -1.25. The summed E-state index contributed by atoms with van der Waals surface area (Å²) in [7, 11) is 0. The molecule has 118 valence electrons. The molecule has 0 aromatic heterocycles. The molecule has 0 amide bonds. The lowest BCUT2D eigenvalue weighted by molar-refractivity contribution is -0.0204. The van der Waals surface area contributed by atoms with E-state index in [-0.39, 0.29) is 24.5 Å². The third-order valence-corrected chi connectivity index (χ3v) is 4.07. The zero-order valence-electron chi connectivity index (χ0n) is 12.6. The van der Waals surface area contributed by atoms with Crippen molar-refractivity contribution >= 4 is 23.2 Å². The molecule has 0 saturated carbocycles. The minimum absolute atomic E-state index is 0.0341. The fourth-order valence-corrected chi connectivity index (χ4v) is 1.21. The number of alkyl halides is 2. The molecule has 6 heteroatoms. The monoisotopic (exact) mass is 318 g/mol. The predicted octanol–water partition coefficient (Wildman–Crippen LogP) is 2.15. The Kier molecular flexibility index (Phi) is 9.15. The van der Waals surface area contributed by atoms with Gasteiger partial charge in [-0.2, -0.15) is 0 Å². The topological polar surface area (TPSA) is 80.9 Å². The van der Waals surface area contributed by atoms with Crippen LogP contribution in [0.1, 0.15) is 41.5 Å². The van der Waals surface area contributed by atoms with Crippen molar-refractivity contribution in [2.24, 2.45) is 16.7 Å². The van der Waals surface area contributed by atoms with Crippen molar-refractivity contribution < 1.29 is 20.4 Å². The molecule has 0 heterocycles. The number of aliphatic hydroxyl groups excluding tert-OH is 3. The molecular formula is C13H28Cl2O4. The predicted molar refractivity (Wildman–Crippen MR) is 79.2 cm³/mol. The summed E-state index contributed by atoms with van der Waals surface area (Å²) in [6, 6.07) is 0. The Bertz CT molecular complexity index is 248. The van der Waals surface area contributed by atoms with Crippen LogP contribution in [0.3, 0.4) is 0 Å². The van der Waals surface area contributed by atoms with Crippen molar-refractivity contribution in [1.82, 2.24) is 0 Å². The van der Waals surface area contributed by atoms with E-state index >= 15 is 0 Å². The van der Waals surface area contributed by atoms with Gasteiger partial charge in [0.05, 0.1) is 19.3 Å². The van der Waals surface area contributed by atoms with Gasteiger partial charge in [-0.15, -0.1) is 0 Å². The highest BCUT2D eigenvalue weighted by atomic mass is 35.5. The van der Waals surface area contributed by atoms with E-state index in [2.05, 4.69) is 0 Å². The molecule has 0 saturated heterocycles. The summed E-state index contributed by atoms with van der Waals surface area (Å²) < 4.78 is -1.86. The van der Waals surface area contributed by atoms with E-state index in [4.69, 9.17) is 38.5 Å². The second kappa shape index (κ2) is 8.01. The van der Waals surface area contributed by atoms with Crippen molar-refractivity contribution in [3.05, 3.63) is 0 Å². The zero-order chi connectivity index (χ0) is 16.1.